The molecule has 0 bridgehead atoms. The van der Waals surface area contributed by atoms with Crippen LogP contribution >= 0.6 is 0 Å². The SMILES string of the molecule is COc1cccc(-c2ccc3c(NC(=O)c4cc(F)c(F)c(F)c4F)n[nH]c3c2)c1. The number of ether oxygens (including phenoxy) is 1. The van der Waals surface area contributed by atoms with Gasteiger partial charge in [0, 0.05) is 5.39 Å². The van der Waals surface area contributed by atoms with Crippen molar-refractivity contribution in [1.29, 1.82) is 0 Å². The van der Waals surface area contributed by atoms with Gasteiger partial charge in [-0.05, 0) is 41.5 Å². The van der Waals surface area contributed by atoms with Crippen LogP contribution in [0.2, 0.25) is 0 Å². The predicted octanol–water partition coefficient (Wildman–Crippen LogP) is 5.05. The van der Waals surface area contributed by atoms with Gasteiger partial charge in [0.1, 0.15) is 5.75 Å². The number of aromatic nitrogens is 2. The molecular weight excluding hydrogens is 402 g/mol. The van der Waals surface area contributed by atoms with Crippen LogP contribution in [0.3, 0.4) is 0 Å². The van der Waals surface area contributed by atoms with Gasteiger partial charge >= 0.3 is 0 Å². The maximum absolute atomic E-state index is 13.9. The molecule has 0 fully saturated rings. The van der Waals surface area contributed by atoms with Crippen molar-refractivity contribution < 1.29 is 27.1 Å². The van der Waals surface area contributed by atoms with Crippen LogP contribution in [0.25, 0.3) is 22.0 Å². The van der Waals surface area contributed by atoms with Crippen LogP contribution in [0, 0.1) is 23.3 Å². The van der Waals surface area contributed by atoms with E-state index in [1.165, 1.54) is 0 Å². The molecule has 30 heavy (non-hydrogen) atoms. The van der Waals surface area contributed by atoms with Gasteiger partial charge in [0.2, 0.25) is 0 Å². The number of amides is 1. The maximum Gasteiger partial charge on any atom is 0.260 e. The molecule has 0 aliphatic carbocycles. The molecular formula is C21H13F4N3O2. The second-order valence-corrected chi connectivity index (χ2v) is 6.37. The average molecular weight is 415 g/mol. The minimum Gasteiger partial charge on any atom is -0.497 e. The number of methoxy groups -OCH3 is 1. The van der Waals surface area contributed by atoms with Crippen molar-refractivity contribution in [3.63, 3.8) is 0 Å². The molecule has 5 nitrogen and oxygen atoms in total. The van der Waals surface area contributed by atoms with E-state index in [1.807, 2.05) is 24.3 Å². The number of nitrogens with zero attached hydrogens (tertiary/aromatic N) is 1. The number of aromatic amines is 1. The summed E-state index contributed by atoms with van der Waals surface area (Å²) in [5.41, 5.74) is 1.31. The molecule has 1 heterocycles. The second-order valence-electron chi connectivity index (χ2n) is 6.37. The summed E-state index contributed by atoms with van der Waals surface area (Å²) in [5, 5.41) is 9.45. The quantitative estimate of drug-likeness (QED) is 0.279. The topological polar surface area (TPSA) is 67.0 Å². The molecule has 1 aromatic heterocycles. The van der Waals surface area contributed by atoms with Gasteiger partial charge in [-0.25, -0.2) is 17.6 Å². The molecule has 0 aliphatic rings. The molecule has 0 unspecified atom stereocenters. The van der Waals surface area contributed by atoms with Crippen LogP contribution < -0.4 is 10.1 Å². The van der Waals surface area contributed by atoms with Crippen molar-refractivity contribution in [3.8, 4) is 16.9 Å². The van der Waals surface area contributed by atoms with Crippen LogP contribution in [0.15, 0.2) is 48.5 Å². The summed E-state index contributed by atoms with van der Waals surface area (Å²) in [5.74, 6) is -7.96. The van der Waals surface area contributed by atoms with E-state index in [4.69, 9.17) is 4.74 Å². The van der Waals surface area contributed by atoms with E-state index in [-0.39, 0.29) is 5.82 Å². The summed E-state index contributed by atoms with van der Waals surface area (Å²) < 4.78 is 59.0. The first kappa shape index (κ1) is 19.4. The Hall–Kier alpha value is -3.88. The molecule has 0 radical (unpaired) electrons. The Labute approximate surface area is 167 Å². The zero-order valence-corrected chi connectivity index (χ0v) is 15.4. The van der Waals surface area contributed by atoms with Gasteiger partial charge in [0.25, 0.3) is 5.91 Å². The highest BCUT2D eigenvalue weighted by Crippen LogP contribution is 2.29. The van der Waals surface area contributed by atoms with Crippen LogP contribution in [0.1, 0.15) is 10.4 Å². The number of halogens is 4. The Balaban J connectivity index is 1.66. The Bertz CT molecular complexity index is 1290. The van der Waals surface area contributed by atoms with E-state index >= 15 is 0 Å². The predicted molar refractivity (Wildman–Crippen MR) is 102 cm³/mol. The summed E-state index contributed by atoms with van der Waals surface area (Å²) in [6.45, 7) is 0. The highest BCUT2D eigenvalue weighted by molar-refractivity contribution is 6.08. The Kier molecular flexibility index (Phi) is 4.86. The summed E-state index contributed by atoms with van der Waals surface area (Å²) >= 11 is 0. The highest BCUT2D eigenvalue weighted by Gasteiger charge is 2.24. The minimum atomic E-state index is -2.06. The summed E-state index contributed by atoms with van der Waals surface area (Å²) in [6.07, 6.45) is 0. The molecule has 0 atom stereocenters. The van der Waals surface area contributed by atoms with Crippen molar-refractivity contribution in [2.45, 2.75) is 0 Å². The monoisotopic (exact) mass is 415 g/mol. The molecule has 0 saturated heterocycles. The Morgan fingerprint density at radius 2 is 1.73 bits per heavy atom. The van der Waals surface area contributed by atoms with Gasteiger partial charge in [-0.1, -0.05) is 18.2 Å². The van der Waals surface area contributed by atoms with Crippen molar-refractivity contribution >= 4 is 22.6 Å². The van der Waals surface area contributed by atoms with Crippen LogP contribution in [-0.2, 0) is 0 Å². The molecule has 9 heteroatoms. The molecule has 0 saturated carbocycles. The van der Waals surface area contributed by atoms with Crippen molar-refractivity contribution in [1.82, 2.24) is 10.2 Å². The Morgan fingerprint density at radius 1 is 0.967 bits per heavy atom. The van der Waals surface area contributed by atoms with E-state index < -0.39 is 34.7 Å². The Morgan fingerprint density at radius 3 is 2.50 bits per heavy atom. The standard InChI is InChI=1S/C21H13F4N3O2/c1-30-12-4-2-3-10(7-12)11-5-6-13-16(8-11)27-28-20(13)26-21(29)14-9-15(22)18(24)19(25)17(14)23/h2-9H,1H3,(H2,26,27,28,29). The van der Waals surface area contributed by atoms with E-state index in [0.717, 1.165) is 11.1 Å². The van der Waals surface area contributed by atoms with E-state index in [9.17, 15) is 22.4 Å². The van der Waals surface area contributed by atoms with Crippen LogP contribution in [-0.4, -0.2) is 23.2 Å². The zero-order chi connectivity index (χ0) is 21.4. The fourth-order valence-corrected chi connectivity index (χ4v) is 3.01. The smallest absolute Gasteiger partial charge is 0.260 e. The molecule has 0 aliphatic heterocycles. The van der Waals surface area contributed by atoms with Gasteiger partial charge in [-0.2, -0.15) is 5.10 Å². The third-order valence-electron chi connectivity index (χ3n) is 4.55. The fourth-order valence-electron chi connectivity index (χ4n) is 3.01. The highest BCUT2D eigenvalue weighted by atomic mass is 19.2. The first-order valence-electron chi connectivity index (χ1n) is 8.66. The maximum atomic E-state index is 13.9. The normalized spacial score (nSPS) is 11.0. The first-order valence-corrected chi connectivity index (χ1v) is 8.66. The number of H-pyrrole nitrogens is 1. The lowest BCUT2D eigenvalue weighted by Gasteiger charge is -2.07. The largest absolute Gasteiger partial charge is 0.497 e. The molecule has 1 amide bonds. The van der Waals surface area contributed by atoms with Gasteiger partial charge < -0.3 is 10.1 Å². The van der Waals surface area contributed by atoms with Gasteiger partial charge in [-0.15, -0.1) is 0 Å². The minimum absolute atomic E-state index is 0.0248. The second kappa shape index (κ2) is 7.51. The number of hydrogen-bond acceptors (Lipinski definition) is 3. The summed E-state index contributed by atoms with van der Waals surface area (Å²) in [7, 11) is 1.56. The van der Waals surface area contributed by atoms with Crippen molar-refractivity contribution in [3.05, 3.63) is 77.4 Å². The van der Waals surface area contributed by atoms with Crippen LogP contribution in [0.4, 0.5) is 23.4 Å². The third kappa shape index (κ3) is 3.34. The lowest BCUT2D eigenvalue weighted by molar-refractivity contribution is 0.102. The summed E-state index contributed by atoms with van der Waals surface area (Å²) in [6, 6.07) is 12.9. The third-order valence-corrected chi connectivity index (χ3v) is 4.55. The van der Waals surface area contributed by atoms with E-state index in [2.05, 4.69) is 15.5 Å². The number of fused-ring (bicyclic) bond motifs is 1. The molecule has 0 spiro atoms. The molecule has 2 N–H and O–H groups in total. The zero-order valence-electron chi connectivity index (χ0n) is 15.4. The van der Waals surface area contributed by atoms with E-state index in [0.29, 0.717) is 22.7 Å². The number of carbonyl (C=O) groups excluding carboxylic acids is 1. The number of hydrogen-bond donors (Lipinski definition) is 2. The first-order chi connectivity index (χ1) is 14.4. The lowest BCUT2D eigenvalue weighted by atomic mass is 10.0. The molecule has 152 valence electrons. The number of benzene rings is 3. The van der Waals surface area contributed by atoms with E-state index in [1.54, 1.807) is 25.3 Å². The van der Waals surface area contributed by atoms with Gasteiger partial charge in [0.15, 0.2) is 29.1 Å². The van der Waals surface area contributed by atoms with Gasteiger partial charge in [0.05, 0.1) is 18.2 Å². The fraction of sp³-hybridized carbons (Fsp3) is 0.0476. The van der Waals surface area contributed by atoms with Crippen molar-refractivity contribution in [2.75, 3.05) is 12.4 Å². The van der Waals surface area contributed by atoms with Gasteiger partial charge in [-0.3, -0.25) is 9.89 Å². The molecule has 4 rings (SSSR count). The number of anilines is 1. The molecule has 3 aromatic carbocycles. The average Bonchev–Trinajstić information content (AvgIpc) is 3.16. The number of nitrogens with one attached hydrogen (secondary N) is 2. The number of rotatable bonds is 4. The summed E-state index contributed by atoms with van der Waals surface area (Å²) in [4.78, 5) is 12.3. The van der Waals surface area contributed by atoms with Crippen LogP contribution in [0.5, 0.6) is 5.75 Å². The molecule has 4 aromatic rings. The lowest BCUT2D eigenvalue weighted by Crippen LogP contribution is -2.16. The van der Waals surface area contributed by atoms with Crippen molar-refractivity contribution in [2.24, 2.45) is 0 Å². The number of carbonyl (C=O) groups is 1.